The van der Waals surface area contributed by atoms with Gasteiger partial charge in [-0.25, -0.2) is 6.61 Å². The number of hydrogen-bond acceptors (Lipinski definition) is 2. The summed E-state index contributed by atoms with van der Waals surface area (Å²) in [5, 5.41) is 0. The maximum Gasteiger partial charge on any atom is 0.127 e. The van der Waals surface area contributed by atoms with Crippen LogP contribution in [0.1, 0.15) is 19.4 Å². The molecule has 2 atom stereocenters. The number of allylic oxidation sites excluding steroid dienone is 1. The van der Waals surface area contributed by atoms with Gasteiger partial charge in [-0.2, -0.15) is 0 Å². The van der Waals surface area contributed by atoms with Crippen LogP contribution >= 0.6 is 23.2 Å². The summed E-state index contributed by atoms with van der Waals surface area (Å²) >= 11 is 11.6. The molecule has 6 heteroatoms. The number of ether oxygens (including phenoxy) is 2. The van der Waals surface area contributed by atoms with Crippen LogP contribution in [-0.2, 0) is 76.8 Å². The van der Waals surface area contributed by atoms with Gasteiger partial charge in [0.15, 0.2) is 0 Å². The molecule has 0 heterocycles. The van der Waals surface area contributed by atoms with Gasteiger partial charge in [0, 0.05) is 72.0 Å². The van der Waals surface area contributed by atoms with Gasteiger partial charge in [-0.15, -0.1) is 5.92 Å². The van der Waals surface area contributed by atoms with Gasteiger partial charge in [0.05, 0.1) is 0 Å². The van der Waals surface area contributed by atoms with Crippen molar-refractivity contribution in [3.63, 3.8) is 0 Å². The first-order chi connectivity index (χ1) is 12.0. The van der Waals surface area contributed by atoms with E-state index in [1.807, 2.05) is 67.3 Å². The predicted octanol–water partition coefficient (Wildman–Crippen LogP) is 6.74. The van der Waals surface area contributed by atoms with Crippen molar-refractivity contribution in [3.8, 4) is 11.5 Å². The van der Waals surface area contributed by atoms with Gasteiger partial charge in [0.25, 0.3) is 0 Å². The molecule has 2 radical (unpaired) electrons. The predicted molar refractivity (Wildman–Crippen MR) is 103 cm³/mol. The second-order valence-electron chi connectivity index (χ2n) is 6.84. The van der Waals surface area contributed by atoms with E-state index in [1.165, 1.54) is 0 Å². The molecule has 0 amide bonds. The van der Waals surface area contributed by atoms with Crippen LogP contribution in [0.4, 0.5) is 0 Å². The van der Waals surface area contributed by atoms with Gasteiger partial charge >= 0.3 is 0 Å². The fraction of sp³-hybridized carbons (Fsp3) is 0.286. The summed E-state index contributed by atoms with van der Waals surface area (Å²) in [5.74, 6) is 2.27. The van der Waals surface area contributed by atoms with Crippen LogP contribution in [-0.4, -0.2) is 0 Å². The van der Waals surface area contributed by atoms with Crippen molar-refractivity contribution >= 4 is 23.2 Å². The van der Waals surface area contributed by atoms with Crippen molar-refractivity contribution in [1.82, 2.24) is 0 Å². The van der Waals surface area contributed by atoms with Crippen LogP contribution in [0.15, 0.2) is 65.2 Å². The quantitative estimate of drug-likeness (QED) is 0.353. The van der Waals surface area contributed by atoms with E-state index < -0.39 is 0 Å². The van der Waals surface area contributed by atoms with Crippen LogP contribution in [0, 0.1) is 23.9 Å². The zero-order chi connectivity index (χ0) is 17.9. The van der Waals surface area contributed by atoms with Crippen molar-refractivity contribution in [3.05, 3.63) is 77.3 Å². The van der Waals surface area contributed by atoms with E-state index in [2.05, 4.69) is 13.8 Å². The van der Waals surface area contributed by atoms with Crippen molar-refractivity contribution in [2.45, 2.75) is 20.5 Å². The third-order valence-electron chi connectivity index (χ3n) is 4.67. The largest absolute Gasteiger partial charge is 0.548 e. The molecule has 0 bridgehead atoms. The second-order valence-corrected chi connectivity index (χ2v) is 7.85. The number of halogens is 2. The third kappa shape index (κ3) is 7.48. The fourth-order valence-electron chi connectivity index (χ4n) is 3.00. The molecule has 2 aromatic rings. The van der Waals surface area contributed by atoms with Crippen LogP contribution in [0.5, 0.6) is 11.5 Å². The van der Waals surface area contributed by atoms with Crippen LogP contribution < -0.4 is 4.74 Å². The Morgan fingerprint density at radius 1 is 1.04 bits per heavy atom. The minimum atomic E-state index is 0. The molecule has 2 nitrogen and oxygen atoms in total. The smallest absolute Gasteiger partial charge is 0.127 e. The van der Waals surface area contributed by atoms with Gasteiger partial charge in [0.1, 0.15) is 16.0 Å². The maximum absolute atomic E-state index is 5.85. The van der Waals surface area contributed by atoms with Crippen molar-refractivity contribution in [2.24, 2.45) is 17.3 Å². The van der Waals surface area contributed by atoms with Crippen LogP contribution in [0.3, 0.4) is 0 Å². The second kappa shape index (κ2) is 11.8. The Bertz CT molecular complexity index is 747. The first-order valence-corrected chi connectivity index (χ1v) is 9.02. The van der Waals surface area contributed by atoms with E-state index in [0.717, 1.165) is 17.1 Å². The molecule has 1 fully saturated rings. The molecule has 0 saturated heterocycles. The maximum atomic E-state index is 5.85. The van der Waals surface area contributed by atoms with Crippen molar-refractivity contribution < 1.29 is 74.9 Å². The zero-order valence-corrected chi connectivity index (χ0v) is 22.6. The Labute approximate surface area is 222 Å². The van der Waals surface area contributed by atoms with Crippen molar-refractivity contribution in [1.29, 1.82) is 0 Å². The molecule has 1 saturated carbocycles. The molecule has 0 spiro atoms. The number of benzene rings is 2. The molecule has 0 aliphatic heterocycles. The molecular formula is C21H21Cl2O2Y2-. The fourth-order valence-corrected chi connectivity index (χ4v) is 3.28. The molecule has 138 valence electrons. The summed E-state index contributed by atoms with van der Waals surface area (Å²) in [6, 6.07) is 17.7. The standard InChI is InChI=1S/C21H21Cl2O2.2Y/c1-21(2)18(12-20(22)23)19(21)14-24-13-15-7-6-10-17(11-15)25-16-8-4-3-5-9-16;;/h3-12,14,18-19H,13H2,1-2H3;;/q-1;;. The molecule has 27 heavy (non-hydrogen) atoms. The first kappa shape index (κ1) is 25.8. The summed E-state index contributed by atoms with van der Waals surface area (Å²) in [5.41, 5.74) is 1.19. The normalized spacial score (nSPS) is 19.3. The topological polar surface area (TPSA) is 18.5 Å². The summed E-state index contributed by atoms with van der Waals surface area (Å²) in [6.45, 7) is 6.78. The monoisotopic (exact) mass is 553 g/mol. The number of hydrogen-bond donors (Lipinski definition) is 0. The summed E-state index contributed by atoms with van der Waals surface area (Å²) < 4.78 is 12.0. The first-order valence-electron chi connectivity index (χ1n) is 8.26. The Kier molecular flexibility index (Phi) is 11.3. The number of para-hydroxylation sites is 1. The van der Waals surface area contributed by atoms with Crippen LogP contribution in [0.2, 0.25) is 0 Å². The van der Waals surface area contributed by atoms with E-state index in [0.29, 0.717) is 22.9 Å². The van der Waals surface area contributed by atoms with Gasteiger partial charge < -0.3 is 9.47 Å². The average Bonchev–Trinajstić information content (AvgIpc) is 3.08. The molecule has 0 aromatic heterocycles. The van der Waals surface area contributed by atoms with E-state index in [9.17, 15) is 0 Å². The molecule has 2 aromatic carbocycles. The van der Waals surface area contributed by atoms with Gasteiger partial charge in [-0.05, 0) is 35.7 Å². The van der Waals surface area contributed by atoms with Gasteiger partial charge in [0.2, 0.25) is 0 Å². The Balaban J connectivity index is 0.00000182. The summed E-state index contributed by atoms with van der Waals surface area (Å²) in [6.07, 6.45) is 1.89. The minimum Gasteiger partial charge on any atom is -0.548 e. The van der Waals surface area contributed by atoms with E-state index >= 15 is 0 Å². The zero-order valence-electron chi connectivity index (χ0n) is 15.4. The van der Waals surface area contributed by atoms with E-state index in [1.54, 1.807) is 0 Å². The summed E-state index contributed by atoms with van der Waals surface area (Å²) in [7, 11) is 0. The Morgan fingerprint density at radius 3 is 2.37 bits per heavy atom. The molecular weight excluding hydrogens is 533 g/mol. The SMILES string of the molecule is CC1(C)C(C=C(Cl)Cl)C1[CH-]OCc1cccc(Oc2ccccc2)c1.[Y].[Y]. The molecule has 1 aliphatic carbocycles. The van der Waals surface area contributed by atoms with E-state index in [-0.39, 0.29) is 70.8 Å². The minimum absolute atomic E-state index is 0. The van der Waals surface area contributed by atoms with Gasteiger partial charge in [-0.3, -0.25) is 0 Å². The van der Waals surface area contributed by atoms with Gasteiger partial charge in [-0.1, -0.05) is 78.9 Å². The Morgan fingerprint density at radius 2 is 1.70 bits per heavy atom. The third-order valence-corrected chi connectivity index (χ3v) is 4.92. The summed E-state index contributed by atoms with van der Waals surface area (Å²) in [4.78, 5) is 0. The molecule has 2 unspecified atom stereocenters. The Hall–Kier alpha value is 0.728. The van der Waals surface area contributed by atoms with Crippen molar-refractivity contribution in [2.75, 3.05) is 0 Å². The average molecular weight is 554 g/mol. The molecule has 3 rings (SSSR count). The molecule has 1 aliphatic rings. The number of rotatable bonds is 7. The molecule has 0 N–H and O–H groups in total. The van der Waals surface area contributed by atoms with E-state index in [4.69, 9.17) is 32.7 Å². The van der Waals surface area contributed by atoms with Crippen LogP contribution in [0.25, 0.3) is 0 Å².